The quantitative estimate of drug-likeness (QED) is 0.878. The first-order valence-corrected chi connectivity index (χ1v) is 5.20. The number of nitrogens with zero attached hydrogens (tertiary/aromatic N) is 2. The predicted molar refractivity (Wildman–Crippen MR) is 62.5 cm³/mol. The maximum Gasteiger partial charge on any atom is 0.356 e. The molecule has 2 aromatic rings. The van der Waals surface area contributed by atoms with E-state index in [1.807, 2.05) is 0 Å². The Labute approximate surface area is 106 Å². The number of aryl methyl sites for hydroxylation is 1. The molecule has 0 bridgehead atoms. The highest BCUT2D eigenvalue weighted by atomic mass is 19.1. The zero-order chi connectivity index (χ0) is 14.2. The third kappa shape index (κ3) is 2.30. The molecule has 6 nitrogen and oxygen atoms in total. The van der Waals surface area contributed by atoms with E-state index in [0.29, 0.717) is 0 Å². The van der Waals surface area contributed by atoms with Crippen LogP contribution in [0.2, 0.25) is 0 Å². The molecule has 1 aromatic carbocycles. The normalized spacial score (nSPS) is 10.4. The lowest BCUT2D eigenvalue weighted by molar-refractivity contribution is 0.0682. The van der Waals surface area contributed by atoms with Crippen molar-refractivity contribution in [2.75, 3.05) is 0 Å². The summed E-state index contributed by atoms with van der Waals surface area (Å²) in [6, 6.07) is 4.50. The van der Waals surface area contributed by atoms with Crippen molar-refractivity contribution in [1.29, 1.82) is 0 Å². The van der Waals surface area contributed by atoms with E-state index in [4.69, 9.17) is 10.2 Å². The minimum atomic E-state index is -1.30. The average Bonchev–Trinajstić information content (AvgIpc) is 2.71. The monoisotopic (exact) mass is 264 g/mol. The highest BCUT2D eigenvalue weighted by molar-refractivity contribution is 5.96. The van der Waals surface area contributed by atoms with Crippen LogP contribution >= 0.6 is 0 Å². The number of hydrogen-bond donors (Lipinski definition) is 2. The van der Waals surface area contributed by atoms with E-state index in [1.54, 1.807) is 0 Å². The van der Waals surface area contributed by atoms with Crippen LogP contribution in [0.5, 0.6) is 0 Å². The fraction of sp³-hybridized carbons (Fsp3) is 0.0833. The smallest absolute Gasteiger partial charge is 0.356 e. The lowest BCUT2D eigenvalue weighted by atomic mass is 10.0. The number of hydrogen-bond acceptors (Lipinski definition) is 3. The number of carbonyl (C=O) groups is 2. The van der Waals surface area contributed by atoms with Gasteiger partial charge in [-0.1, -0.05) is 0 Å². The largest absolute Gasteiger partial charge is 0.478 e. The highest BCUT2D eigenvalue weighted by Gasteiger charge is 2.18. The minimum absolute atomic E-state index is 0.205. The Morgan fingerprint density at radius 1 is 1.21 bits per heavy atom. The zero-order valence-electron chi connectivity index (χ0n) is 9.79. The van der Waals surface area contributed by atoms with Gasteiger partial charge < -0.3 is 10.2 Å². The van der Waals surface area contributed by atoms with Gasteiger partial charge in [-0.05, 0) is 24.3 Å². The Bertz CT molecular complexity index is 678. The van der Waals surface area contributed by atoms with Crippen molar-refractivity contribution >= 4 is 11.9 Å². The molecule has 0 radical (unpaired) electrons. The first kappa shape index (κ1) is 12.7. The first-order chi connectivity index (χ1) is 8.90. The molecule has 98 valence electrons. The number of aromatic carboxylic acids is 2. The van der Waals surface area contributed by atoms with E-state index in [1.165, 1.54) is 23.9 Å². The minimum Gasteiger partial charge on any atom is -0.478 e. The van der Waals surface area contributed by atoms with E-state index in [9.17, 15) is 14.0 Å². The van der Waals surface area contributed by atoms with Gasteiger partial charge in [0, 0.05) is 12.6 Å². The summed E-state index contributed by atoms with van der Waals surface area (Å²) in [5, 5.41) is 21.6. The first-order valence-electron chi connectivity index (χ1n) is 5.20. The summed E-state index contributed by atoms with van der Waals surface area (Å²) in [7, 11) is 1.48. The van der Waals surface area contributed by atoms with Gasteiger partial charge >= 0.3 is 11.9 Å². The molecule has 0 aliphatic carbocycles. The lowest BCUT2D eigenvalue weighted by Gasteiger charge is -2.06. The summed E-state index contributed by atoms with van der Waals surface area (Å²) in [6.45, 7) is 0. The summed E-state index contributed by atoms with van der Waals surface area (Å²) in [4.78, 5) is 21.9. The summed E-state index contributed by atoms with van der Waals surface area (Å²) >= 11 is 0. The van der Waals surface area contributed by atoms with Crippen LogP contribution in [-0.2, 0) is 7.05 Å². The van der Waals surface area contributed by atoms with Gasteiger partial charge in [-0.2, -0.15) is 5.10 Å². The number of carboxylic acid groups (broad SMARTS) is 2. The Balaban J connectivity index is 2.65. The average molecular weight is 264 g/mol. The Kier molecular flexibility index (Phi) is 3.04. The van der Waals surface area contributed by atoms with Gasteiger partial charge in [0.15, 0.2) is 5.69 Å². The van der Waals surface area contributed by atoms with Crippen LogP contribution in [0.25, 0.3) is 11.3 Å². The van der Waals surface area contributed by atoms with Crippen LogP contribution in [0.3, 0.4) is 0 Å². The fourth-order valence-corrected chi connectivity index (χ4v) is 1.74. The third-order valence-electron chi connectivity index (χ3n) is 2.59. The van der Waals surface area contributed by atoms with Gasteiger partial charge in [-0.15, -0.1) is 0 Å². The number of carboxylic acids is 2. The summed E-state index contributed by atoms with van der Waals surface area (Å²) in [6.07, 6.45) is 0. The van der Waals surface area contributed by atoms with Crippen molar-refractivity contribution in [1.82, 2.24) is 9.78 Å². The molecular weight excluding hydrogens is 255 g/mol. The molecule has 2 N–H and O–H groups in total. The van der Waals surface area contributed by atoms with Crippen molar-refractivity contribution in [2.24, 2.45) is 7.05 Å². The lowest BCUT2D eigenvalue weighted by Crippen LogP contribution is -2.03. The molecule has 0 spiro atoms. The number of benzene rings is 1. The van der Waals surface area contributed by atoms with Crippen molar-refractivity contribution in [3.05, 3.63) is 41.3 Å². The van der Waals surface area contributed by atoms with E-state index < -0.39 is 17.8 Å². The van der Waals surface area contributed by atoms with E-state index in [-0.39, 0.29) is 22.5 Å². The Hall–Kier alpha value is -2.70. The molecule has 0 unspecified atom stereocenters. The number of halogens is 1. The SMILES string of the molecule is Cn1nc(C(=O)O)cc1-c1ccc(F)cc1C(=O)O. The summed E-state index contributed by atoms with van der Waals surface area (Å²) in [5.41, 5.74) is 0.0318. The van der Waals surface area contributed by atoms with Gasteiger partial charge in [-0.25, -0.2) is 14.0 Å². The van der Waals surface area contributed by atoms with Crippen LogP contribution in [0.1, 0.15) is 20.8 Å². The second-order valence-corrected chi connectivity index (χ2v) is 3.84. The molecular formula is C12H9FN2O4. The molecule has 0 fully saturated rings. The van der Waals surface area contributed by atoms with Gasteiger partial charge in [0.1, 0.15) is 5.82 Å². The Morgan fingerprint density at radius 3 is 2.42 bits per heavy atom. The summed E-state index contributed by atoms with van der Waals surface area (Å²) < 4.78 is 14.3. The van der Waals surface area contributed by atoms with E-state index in [2.05, 4.69) is 5.10 Å². The van der Waals surface area contributed by atoms with Crippen molar-refractivity contribution in [3.8, 4) is 11.3 Å². The molecule has 0 aliphatic rings. The van der Waals surface area contributed by atoms with Gasteiger partial charge in [0.2, 0.25) is 0 Å². The highest BCUT2D eigenvalue weighted by Crippen LogP contribution is 2.25. The topological polar surface area (TPSA) is 92.4 Å². The molecule has 0 atom stereocenters. The van der Waals surface area contributed by atoms with Crippen molar-refractivity contribution in [2.45, 2.75) is 0 Å². The zero-order valence-corrected chi connectivity index (χ0v) is 9.79. The molecule has 0 saturated carbocycles. The molecule has 2 rings (SSSR count). The molecule has 1 heterocycles. The molecule has 19 heavy (non-hydrogen) atoms. The van der Waals surface area contributed by atoms with Crippen LogP contribution in [0, 0.1) is 5.82 Å². The predicted octanol–water partition coefficient (Wildman–Crippen LogP) is 1.62. The van der Waals surface area contributed by atoms with Gasteiger partial charge in [0.25, 0.3) is 0 Å². The fourth-order valence-electron chi connectivity index (χ4n) is 1.74. The Morgan fingerprint density at radius 2 is 1.89 bits per heavy atom. The summed E-state index contributed by atoms with van der Waals surface area (Å²) in [5.74, 6) is -3.20. The molecule has 1 aromatic heterocycles. The van der Waals surface area contributed by atoms with Crippen LogP contribution in [0.15, 0.2) is 24.3 Å². The maximum atomic E-state index is 13.1. The van der Waals surface area contributed by atoms with Crippen molar-refractivity contribution in [3.63, 3.8) is 0 Å². The molecule has 0 saturated heterocycles. The second kappa shape index (κ2) is 4.52. The standard InChI is InChI=1S/C12H9FN2O4/c1-15-10(5-9(14-15)12(18)19)7-3-2-6(13)4-8(7)11(16)17/h2-5H,1H3,(H,16,17)(H,18,19). The molecule has 0 amide bonds. The van der Waals surface area contributed by atoms with Gasteiger partial charge in [-0.3, -0.25) is 4.68 Å². The van der Waals surface area contributed by atoms with Gasteiger partial charge in [0.05, 0.1) is 11.3 Å². The van der Waals surface area contributed by atoms with E-state index >= 15 is 0 Å². The maximum absolute atomic E-state index is 13.1. The van der Waals surface area contributed by atoms with Crippen LogP contribution in [0.4, 0.5) is 4.39 Å². The third-order valence-corrected chi connectivity index (χ3v) is 2.59. The number of aromatic nitrogens is 2. The van der Waals surface area contributed by atoms with Crippen LogP contribution < -0.4 is 0 Å². The molecule has 7 heteroatoms. The second-order valence-electron chi connectivity index (χ2n) is 3.84. The molecule has 0 aliphatic heterocycles. The number of rotatable bonds is 3. The van der Waals surface area contributed by atoms with E-state index in [0.717, 1.165) is 12.1 Å². The van der Waals surface area contributed by atoms with Crippen LogP contribution in [-0.4, -0.2) is 31.9 Å². The van der Waals surface area contributed by atoms with Crippen molar-refractivity contribution < 1.29 is 24.2 Å².